The molecule has 1 aliphatic rings. The molecule has 2 aromatic rings. The minimum atomic E-state index is -3.84. The molecule has 0 saturated carbocycles. The second-order valence-electron chi connectivity index (χ2n) is 8.43. The monoisotopic (exact) mass is 428 g/mol. The Morgan fingerprint density at radius 3 is 2.03 bits per heavy atom. The Labute approximate surface area is 180 Å². The van der Waals surface area contributed by atoms with Gasteiger partial charge in [-0.3, -0.25) is 4.79 Å². The number of nitrogens with zero attached hydrogens (tertiary/aromatic N) is 2. The lowest BCUT2D eigenvalue weighted by Crippen LogP contribution is -2.44. The molecule has 5 nitrogen and oxygen atoms in total. The van der Waals surface area contributed by atoms with Crippen LogP contribution in [0.15, 0.2) is 41.3 Å². The zero-order valence-electron chi connectivity index (χ0n) is 18.4. The summed E-state index contributed by atoms with van der Waals surface area (Å²) < 4.78 is 28.8. The van der Waals surface area contributed by atoms with Crippen LogP contribution in [-0.4, -0.2) is 43.2 Å². The Hall–Kier alpha value is -2.18. The van der Waals surface area contributed by atoms with E-state index in [0.29, 0.717) is 29.1 Å². The highest BCUT2D eigenvalue weighted by Gasteiger charge is 2.31. The van der Waals surface area contributed by atoms with Crippen molar-refractivity contribution in [2.24, 2.45) is 0 Å². The van der Waals surface area contributed by atoms with Gasteiger partial charge in [0.25, 0.3) is 0 Å². The van der Waals surface area contributed by atoms with Gasteiger partial charge in [0.15, 0.2) is 0 Å². The number of carbonyl (C=O) groups is 1. The standard InChI is InChI=1S/C24H32N2O3S/c1-18-8-10-22(11-9-18)16-26(17-23(27)25-12-6-5-7-13-25)30(28,29)24-20(3)14-19(2)15-21(24)4/h8-11,14-15H,5-7,12-13,16-17H2,1-4H3. The Balaban J connectivity index is 1.97. The van der Waals surface area contributed by atoms with Gasteiger partial charge in [0.05, 0.1) is 11.4 Å². The van der Waals surface area contributed by atoms with E-state index in [0.717, 1.165) is 36.0 Å². The summed E-state index contributed by atoms with van der Waals surface area (Å²) in [7, 11) is -3.84. The molecule has 2 aromatic carbocycles. The lowest BCUT2D eigenvalue weighted by molar-refractivity contribution is -0.132. The average molecular weight is 429 g/mol. The number of sulfonamides is 1. The quantitative estimate of drug-likeness (QED) is 0.695. The smallest absolute Gasteiger partial charge is 0.244 e. The van der Waals surface area contributed by atoms with Crippen molar-refractivity contribution in [3.8, 4) is 0 Å². The van der Waals surface area contributed by atoms with Gasteiger partial charge in [-0.25, -0.2) is 8.42 Å². The largest absolute Gasteiger partial charge is 0.342 e. The maximum Gasteiger partial charge on any atom is 0.244 e. The summed E-state index contributed by atoms with van der Waals surface area (Å²) in [6.07, 6.45) is 3.08. The zero-order valence-corrected chi connectivity index (χ0v) is 19.3. The Morgan fingerprint density at radius 2 is 1.47 bits per heavy atom. The fraction of sp³-hybridized carbons (Fsp3) is 0.458. The van der Waals surface area contributed by atoms with Crippen LogP contribution in [0.2, 0.25) is 0 Å². The number of amides is 1. The van der Waals surface area contributed by atoms with Gasteiger partial charge in [0.1, 0.15) is 0 Å². The van der Waals surface area contributed by atoms with E-state index in [2.05, 4.69) is 0 Å². The van der Waals surface area contributed by atoms with Crippen molar-refractivity contribution in [2.75, 3.05) is 19.6 Å². The normalized spacial score (nSPS) is 14.9. The van der Waals surface area contributed by atoms with Crippen molar-refractivity contribution in [3.63, 3.8) is 0 Å². The van der Waals surface area contributed by atoms with Crippen molar-refractivity contribution in [3.05, 3.63) is 64.2 Å². The van der Waals surface area contributed by atoms with Crippen LogP contribution in [-0.2, 0) is 21.4 Å². The van der Waals surface area contributed by atoms with E-state index in [1.165, 1.54) is 4.31 Å². The molecule has 0 unspecified atom stereocenters. The molecule has 1 aliphatic heterocycles. The third-order valence-corrected chi connectivity index (χ3v) is 7.80. The van der Waals surface area contributed by atoms with Gasteiger partial charge in [-0.2, -0.15) is 4.31 Å². The van der Waals surface area contributed by atoms with Crippen molar-refractivity contribution in [1.29, 1.82) is 0 Å². The number of piperidine rings is 1. The lowest BCUT2D eigenvalue weighted by Gasteiger charge is -2.30. The van der Waals surface area contributed by atoms with Gasteiger partial charge in [0.2, 0.25) is 15.9 Å². The highest BCUT2D eigenvalue weighted by atomic mass is 32.2. The predicted molar refractivity (Wildman–Crippen MR) is 120 cm³/mol. The molecule has 1 amide bonds. The van der Waals surface area contributed by atoms with E-state index in [4.69, 9.17) is 0 Å². The van der Waals surface area contributed by atoms with E-state index in [1.807, 2.05) is 64.1 Å². The Kier molecular flexibility index (Phi) is 6.98. The fourth-order valence-corrected chi connectivity index (χ4v) is 6.01. The topological polar surface area (TPSA) is 57.7 Å². The second kappa shape index (κ2) is 9.31. The number of likely N-dealkylation sites (tertiary alicyclic amines) is 1. The molecule has 1 saturated heterocycles. The van der Waals surface area contributed by atoms with Crippen molar-refractivity contribution in [2.45, 2.75) is 58.4 Å². The molecule has 0 bridgehead atoms. The first-order chi connectivity index (χ1) is 14.2. The number of carbonyl (C=O) groups excluding carboxylic acids is 1. The van der Waals surface area contributed by atoms with Gasteiger partial charge < -0.3 is 4.90 Å². The molecular weight excluding hydrogens is 396 g/mol. The first-order valence-electron chi connectivity index (χ1n) is 10.6. The van der Waals surface area contributed by atoms with Crippen LogP contribution in [0.4, 0.5) is 0 Å². The molecule has 30 heavy (non-hydrogen) atoms. The van der Waals surface area contributed by atoms with Crippen molar-refractivity contribution >= 4 is 15.9 Å². The van der Waals surface area contributed by atoms with E-state index in [9.17, 15) is 13.2 Å². The fourth-order valence-electron chi connectivity index (χ4n) is 4.22. The van der Waals surface area contributed by atoms with Gasteiger partial charge >= 0.3 is 0 Å². The molecule has 162 valence electrons. The highest BCUT2D eigenvalue weighted by Crippen LogP contribution is 2.27. The molecule has 0 N–H and O–H groups in total. The second-order valence-corrected chi connectivity index (χ2v) is 10.3. The summed E-state index contributed by atoms with van der Waals surface area (Å²) in [6, 6.07) is 11.6. The highest BCUT2D eigenvalue weighted by molar-refractivity contribution is 7.89. The lowest BCUT2D eigenvalue weighted by atomic mass is 10.1. The summed E-state index contributed by atoms with van der Waals surface area (Å²) in [5.41, 5.74) is 4.44. The van der Waals surface area contributed by atoms with Crippen LogP contribution in [0, 0.1) is 27.7 Å². The van der Waals surface area contributed by atoms with Crippen LogP contribution >= 0.6 is 0 Å². The Bertz CT molecular complexity index is 984. The van der Waals surface area contributed by atoms with Gasteiger partial charge in [0, 0.05) is 19.6 Å². The van der Waals surface area contributed by atoms with Crippen LogP contribution < -0.4 is 0 Å². The number of hydrogen-bond donors (Lipinski definition) is 0. The molecule has 1 fully saturated rings. The van der Waals surface area contributed by atoms with Crippen LogP contribution in [0.3, 0.4) is 0 Å². The third-order valence-electron chi connectivity index (χ3n) is 5.70. The molecule has 6 heteroatoms. The molecule has 0 atom stereocenters. The number of rotatable bonds is 6. The van der Waals surface area contributed by atoms with E-state index in [1.54, 1.807) is 4.90 Å². The summed E-state index contributed by atoms with van der Waals surface area (Å²) in [5, 5.41) is 0. The SMILES string of the molecule is Cc1ccc(CN(CC(=O)N2CCCCC2)S(=O)(=O)c2c(C)cc(C)cc2C)cc1. The van der Waals surface area contributed by atoms with Crippen molar-refractivity contribution < 1.29 is 13.2 Å². The molecule has 0 aromatic heterocycles. The average Bonchev–Trinajstić information content (AvgIpc) is 2.68. The van der Waals surface area contributed by atoms with E-state index < -0.39 is 10.0 Å². The third kappa shape index (κ3) is 5.10. The minimum absolute atomic E-state index is 0.118. The molecule has 0 spiro atoms. The molecule has 3 rings (SSSR count). The first-order valence-corrected chi connectivity index (χ1v) is 12.0. The molecule has 0 radical (unpaired) electrons. The van der Waals surface area contributed by atoms with Gasteiger partial charge in [-0.15, -0.1) is 0 Å². The van der Waals surface area contributed by atoms with E-state index >= 15 is 0 Å². The number of benzene rings is 2. The summed E-state index contributed by atoms with van der Waals surface area (Å²) >= 11 is 0. The molecule has 0 aliphatic carbocycles. The minimum Gasteiger partial charge on any atom is -0.342 e. The zero-order chi connectivity index (χ0) is 21.9. The van der Waals surface area contributed by atoms with Crippen molar-refractivity contribution in [1.82, 2.24) is 9.21 Å². The molecule has 1 heterocycles. The maximum atomic E-state index is 13.7. The first kappa shape index (κ1) is 22.5. The summed E-state index contributed by atoms with van der Waals surface area (Å²) in [5.74, 6) is -0.118. The number of hydrogen-bond acceptors (Lipinski definition) is 3. The number of aryl methyl sites for hydroxylation is 4. The summed E-state index contributed by atoms with van der Waals surface area (Å²) in [4.78, 5) is 15.1. The predicted octanol–water partition coefficient (Wildman–Crippen LogP) is 4.12. The van der Waals surface area contributed by atoms with Crippen LogP contribution in [0.5, 0.6) is 0 Å². The maximum absolute atomic E-state index is 13.7. The van der Waals surface area contributed by atoms with Crippen LogP contribution in [0.25, 0.3) is 0 Å². The van der Waals surface area contributed by atoms with E-state index in [-0.39, 0.29) is 19.0 Å². The van der Waals surface area contributed by atoms with Gasteiger partial charge in [-0.05, 0) is 63.6 Å². The van der Waals surface area contributed by atoms with Gasteiger partial charge in [-0.1, -0.05) is 47.5 Å². The summed E-state index contributed by atoms with van der Waals surface area (Å²) in [6.45, 7) is 9.06. The van der Waals surface area contributed by atoms with Crippen LogP contribution in [0.1, 0.15) is 47.1 Å². The molecular formula is C24H32N2O3S. The Morgan fingerprint density at radius 1 is 0.900 bits per heavy atom.